The first kappa shape index (κ1) is 32.0. The number of nitrogens with zero attached hydrogens (tertiary/aromatic N) is 1. The molecular formula is C26H40N8O6. The van der Waals surface area contributed by atoms with E-state index in [4.69, 9.17) is 17.2 Å². The fourth-order valence-electron chi connectivity index (χ4n) is 4.08. The van der Waals surface area contributed by atoms with Crippen LogP contribution < -0.4 is 33.2 Å². The van der Waals surface area contributed by atoms with Crippen LogP contribution in [0.4, 0.5) is 0 Å². The Kier molecular flexibility index (Phi) is 12.4. The highest BCUT2D eigenvalue weighted by Gasteiger charge is 2.32. The van der Waals surface area contributed by atoms with Crippen LogP contribution in [0.5, 0.6) is 0 Å². The number of rotatable bonds is 16. The summed E-state index contributed by atoms with van der Waals surface area (Å²) in [5.74, 6) is -3.88. The number of aliphatic hydroxyl groups is 1. The molecule has 3 amide bonds. The number of fused-ring (bicyclic) bond motifs is 1. The maximum atomic E-state index is 13.4. The number of guanidine groups is 1. The van der Waals surface area contributed by atoms with Crippen LogP contribution in [0.15, 0.2) is 35.5 Å². The molecule has 14 nitrogen and oxygen atoms in total. The SMILES string of the molecule is CCC(C)C(NC(=O)C(N)Cc1c[nH]c2ccccc12)C(=O)NC(CCCN=C(N)N)C(=O)NC(CO)C(=O)O. The number of carbonyl (C=O) groups excluding carboxylic acids is 3. The second-order valence-electron chi connectivity index (χ2n) is 9.63. The number of hydrogen-bond acceptors (Lipinski definition) is 7. The number of nitrogens with one attached hydrogen (secondary N) is 4. The van der Waals surface area contributed by atoms with Crippen LogP contribution in [0.3, 0.4) is 0 Å². The van der Waals surface area contributed by atoms with Crippen molar-refractivity contribution in [3.05, 3.63) is 36.0 Å². The molecule has 2 aromatic rings. The van der Waals surface area contributed by atoms with Crippen molar-refractivity contribution in [2.75, 3.05) is 13.2 Å². The highest BCUT2D eigenvalue weighted by molar-refractivity contribution is 5.94. The average molecular weight is 561 g/mol. The molecule has 40 heavy (non-hydrogen) atoms. The lowest BCUT2D eigenvalue weighted by molar-refractivity contribution is -0.143. The number of carbonyl (C=O) groups is 4. The summed E-state index contributed by atoms with van der Waals surface area (Å²) in [6.07, 6.45) is 2.90. The molecule has 12 N–H and O–H groups in total. The molecule has 1 aromatic carbocycles. The van der Waals surface area contributed by atoms with E-state index >= 15 is 0 Å². The maximum absolute atomic E-state index is 13.4. The third kappa shape index (κ3) is 9.24. The normalized spacial score (nSPS) is 14.8. The standard InChI is InChI=1S/C26H40N8O6/c1-3-14(2)21(34-22(36)17(27)11-15-12-31-18-8-5-4-7-16(15)18)24(38)32-19(9-6-10-30-26(28)29)23(37)33-20(13-35)25(39)40/h4-5,7-8,12,14,17,19-21,31,35H,3,6,9-11,13,27H2,1-2H3,(H,32,38)(H,33,37)(H,34,36)(H,39,40)(H4,28,29,30). The van der Waals surface area contributed by atoms with E-state index in [2.05, 4.69) is 25.9 Å². The van der Waals surface area contributed by atoms with Crippen LogP contribution in [0, 0.1) is 5.92 Å². The Morgan fingerprint density at radius 1 is 1.02 bits per heavy atom. The van der Waals surface area contributed by atoms with Gasteiger partial charge in [0, 0.05) is 23.6 Å². The number of nitrogens with two attached hydrogens (primary N) is 3. The smallest absolute Gasteiger partial charge is 0.328 e. The van der Waals surface area contributed by atoms with Gasteiger partial charge in [-0.05, 0) is 36.8 Å². The quantitative estimate of drug-likeness (QED) is 0.0669. The minimum Gasteiger partial charge on any atom is -0.480 e. The summed E-state index contributed by atoms with van der Waals surface area (Å²) in [6, 6.07) is 2.91. The lowest BCUT2D eigenvalue weighted by Crippen LogP contribution is -2.59. The van der Waals surface area contributed by atoms with Crippen LogP contribution >= 0.6 is 0 Å². The molecule has 14 heteroatoms. The van der Waals surface area contributed by atoms with E-state index in [1.165, 1.54) is 0 Å². The first-order chi connectivity index (χ1) is 19.0. The van der Waals surface area contributed by atoms with Gasteiger partial charge in [0.2, 0.25) is 17.7 Å². The van der Waals surface area contributed by atoms with Gasteiger partial charge in [0.15, 0.2) is 5.96 Å². The number of aliphatic hydroxyl groups excluding tert-OH is 1. The van der Waals surface area contributed by atoms with Gasteiger partial charge in [0.1, 0.15) is 18.1 Å². The summed E-state index contributed by atoms with van der Waals surface area (Å²) in [5.41, 5.74) is 18.6. The largest absolute Gasteiger partial charge is 0.480 e. The van der Waals surface area contributed by atoms with E-state index in [0.717, 1.165) is 16.5 Å². The Bertz CT molecular complexity index is 1190. The molecule has 1 aromatic heterocycles. The fraction of sp³-hybridized carbons (Fsp3) is 0.500. The molecule has 0 aliphatic heterocycles. The summed E-state index contributed by atoms with van der Waals surface area (Å²) >= 11 is 0. The second-order valence-corrected chi connectivity index (χ2v) is 9.63. The van der Waals surface area contributed by atoms with Gasteiger partial charge in [-0.3, -0.25) is 19.4 Å². The van der Waals surface area contributed by atoms with Crippen molar-refractivity contribution in [1.82, 2.24) is 20.9 Å². The number of aliphatic carboxylic acids is 1. The van der Waals surface area contributed by atoms with E-state index < -0.39 is 54.5 Å². The molecule has 0 aliphatic rings. The number of H-pyrrole nitrogens is 1. The Morgan fingerprint density at radius 2 is 1.70 bits per heavy atom. The van der Waals surface area contributed by atoms with Gasteiger partial charge in [0.25, 0.3) is 0 Å². The zero-order valence-electron chi connectivity index (χ0n) is 22.7. The van der Waals surface area contributed by atoms with Gasteiger partial charge in [0.05, 0.1) is 12.6 Å². The minimum absolute atomic E-state index is 0.0629. The molecule has 5 unspecified atom stereocenters. The Hall–Kier alpha value is -4.17. The molecule has 0 saturated heterocycles. The molecule has 220 valence electrons. The topological polar surface area (TPSA) is 251 Å². The van der Waals surface area contributed by atoms with Crippen LogP contribution in [0.1, 0.15) is 38.7 Å². The third-order valence-corrected chi connectivity index (χ3v) is 6.62. The molecule has 0 fully saturated rings. The molecule has 1 heterocycles. The van der Waals surface area contributed by atoms with Gasteiger partial charge in [-0.2, -0.15) is 0 Å². The summed E-state index contributed by atoms with van der Waals surface area (Å²) in [7, 11) is 0. The summed E-state index contributed by atoms with van der Waals surface area (Å²) in [5, 5.41) is 26.9. The molecule has 5 atom stereocenters. The molecule has 0 spiro atoms. The average Bonchev–Trinajstić information content (AvgIpc) is 3.33. The summed E-state index contributed by atoms with van der Waals surface area (Å²) in [4.78, 5) is 57.5. The molecular weight excluding hydrogens is 520 g/mol. The second kappa shape index (κ2) is 15.4. The number of aromatic nitrogens is 1. The molecule has 0 bridgehead atoms. The van der Waals surface area contributed by atoms with E-state index in [9.17, 15) is 29.4 Å². The first-order valence-corrected chi connectivity index (χ1v) is 13.1. The van der Waals surface area contributed by atoms with E-state index in [-0.39, 0.29) is 37.7 Å². The van der Waals surface area contributed by atoms with Crippen LogP contribution in [0.2, 0.25) is 0 Å². The van der Waals surface area contributed by atoms with Gasteiger partial charge in [-0.1, -0.05) is 38.5 Å². The zero-order chi connectivity index (χ0) is 29.8. The number of para-hydroxylation sites is 1. The summed E-state index contributed by atoms with van der Waals surface area (Å²) in [6.45, 7) is 2.95. The third-order valence-electron chi connectivity index (χ3n) is 6.62. The Morgan fingerprint density at radius 3 is 2.33 bits per heavy atom. The van der Waals surface area contributed by atoms with Crippen molar-refractivity contribution >= 4 is 40.6 Å². The van der Waals surface area contributed by atoms with Gasteiger partial charge in [-0.25, -0.2) is 4.79 Å². The lowest BCUT2D eigenvalue weighted by Gasteiger charge is -2.28. The van der Waals surface area contributed by atoms with Crippen molar-refractivity contribution in [3.8, 4) is 0 Å². The number of aliphatic imine (C=N–C) groups is 1. The van der Waals surface area contributed by atoms with E-state index in [0.29, 0.717) is 6.42 Å². The van der Waals surface area contributed by atoms with E-state index in [1.54, 1.807) is 13.1 Å². The number of carboxylic acids is 1. The zero-order valence-corrected chi connectivity index (χ0v) is 22.7. The highest BCUT2D eigenvalue weighted by Crippen LogP contribution is 2.19. The van der Waals surface area contributed by atoms with Gasteiger partial charge < -0.3 is 48.3 Å². The number of amides is 3. The van der Waals surface area contributed by atoms with Crippen molar-refractivity contribution < 1.29 is 29.4 Å². The van der Waals surface area contributed by atoms with Gasteiger partial charge in [-0.15, -0.1) is 0 Å². The number of carboxylic acid groups (broad SMARTS) is 1. The van der Waals surface area contributed by atoms with Crippen LogP contribution in [-0.2, 0) is 25.6 Å². The minimum atomic E-state index is -1.56. The predicted octanol–water partition coefficient (Wildman–Crippen LogP) is -1.33. The summed E-state index contributed by atoms with van der Waals surface area (Å²) < 4.78 is 0. The fourth-order valence-corrected chi connectivity index (χ4v) is 4.08. The monoisotopic (exact) mass is 560 g/mol. The number of benzene rings is 1. The van der Waals surface area contributed by atoms with E-state index in [1.807, 2.05) is 31.2 Å². The molecule has 2 rings (SSSR count). The predicted molar refractivity (Wildman–Crippen MR) is 150 cm³/mol. The van der Waals surface area contributed by atoms with Crippen LogP contribution in [-0.4, -0.2) is 82.2 Å². The maximum Gasteiger partial charge on any atom is 0.328 e. The Balaban J connectivity index is 2.15. The van der Waals surface area contributed by atoms with Crippen molar-refractivity contribution in [3.63, 3.8) is 0 Å². The highest BCUT2D eigenvalue weighted by atomic mass is 16.4. The van der Waals surface area contributed by atoms with Crippen molar-refractivity contribution in [1.29, 1.82) is 0 Å². The lowest BCUT2D eigenvalue weighted by atomic mass is 9.96. The molecule has 0 radical (unpaired) electrons. The first-order valence-electron chi connectivity index (χ1n) is 13.1. The van der Waals surface area contributed by atoms with Gasteiger partial charge >= 0.3 is 5.97 Å². The molecule has 0 aliphatic carbocycles. The van der Waals surface area contributed by atoms with Crippen molar-refractivity contribution in [2.24, 2.45) is 28.1 Å². The number of hydrogen-bond donors (Lipinski definition) is 9. The van der Waals surface area contributed by atoms with Crippen molar-refractivity contribution in [2.45, 2.75) is 63.7 Å². The molecule has 0 saturated carbocycles. The Labute approximate surface area is 232 Å². The van der Waals surface area contributed by atoms with Crippen LogP contribution in [0.25, 0.3) is 10.9 Å². The number of aromatic amines is 1.